The maximum Gasteiger partial charge on any atom is 0.360 e. The van der Waals surface area contributed by atoms with Gasteiger partial charge in [0.15, 0.2) is 5.69 Å². The molecule has 0 amide bonds. The van der Waals surface area contributed by atoms with Gasteiger partial charge in [-0.2, -0.15) is 19.6 Å². The van der Waals surface area contributed by atoms with E-state index in [4.69, 9.17) is 4.74 Å². The molecule has 0 fully saturated rings. The minimum atomic E-state index is -0.535. The summed E-state index contributed by atoms with van der Waals surface area (Å²) in [6, 6.07) is 13.8. The Hall–Kier alpha value is -4.08. The van der Waals surface area contributed by atoms with Crippen LogP contribution in [-0.4, -0.2) is 54.1 Å². The Labute approximate surface area is 179 Å². The number of nitrogens with zero attached hydrogens (tertiary/aromatic N) is 8. The number of carbonyl (C=O) groups is 1. The summed E-state index contributed by atoms with van der Waals surface area (Å²) in [5.41, 5.74) is 1.74. The molecule has 4 aromatic rings. The first-order chi connectivity index (χ1) is 15.1. The summed E-state index contributed by atoms with van der Waals surface area (Å²) in [5, 5.41) is 8.04. The van der Waals surface area contributed by atoms with Crippen LogP contribution in [0.2, 0.25) is 0 Å². The lowest BCUT2D eigenvalue weighted by molar-refractivity contribution is 0.0518. The number of ether oxygens (including phenoxy) is 1. The van der Waals surface area contributed by atoms with Crippen LogP contribution in [0.5, 0.6) is 0 Å². The number of anilines is 1. The van der Waals surface area contributed by atoms with Crippen molar-refractivity contribution in [2.45, 2.75) is 20.4 Å². The zero-order chi connectivity index (χ0) is 21.8. The van der Waals surface area contributed by atoms with Crippen LogP contribution in [0.4, 0.5) is 5.95 Å². The zero-order valence-electron chi connectivity index (χ0n) is 17.5. The molecule has 0 aliphatic heterocycles. The maximum absolute atomic E-state index is 12.1. The Morgan fingerprint density at radius 3 is 2.45 bits per heavy atom. The molecule has 0 radical (unpaired) electrons. The average molecular weight is 418 g/mol. The third-order valence-corrected chi connectivity index (χ3v) is 4.59. The smallest absolute Gasteiger partial charge is 0.360 e. The maximum atomic E-state index is 12.1. The van der Waals surface area contributed by atoms with Crippen molar-refractivity contribution in [1.82, 2.24) is 34.5 Å². The van der Waals surface area contributed by atoms with Gasteiger partial charge in [0.05, 0.1) is 12.3 Å². The molecule has 0 aliphatic carbocycles. The molecule has 158 valence electrons. The molecule has 0 saturated heterocycles. The number of carbonyl (C=O) groups excluding carboxylic acids is 1. The molecule has 31 heavy (non-hydrogen) atoms. The quantitative estimate of drug-likeness (QED) is 0.421. The van der Waals surface area contributed by atoms with Gasteiger partial charge >= 0.3 is 5.97 Å². The van der Waals surface area contributed by atoms with Crippen molar-refractivity contribution in [3.8, 4) is 11.9 Å². The van der Waals surface area contributed by atoms with Crippen molar-refractivity contribution in [2.24, 2.45) is 0 Å². The molecule has 0 saturated carbocycles. The van der Waals surface area contributed by atoms with Gasteiger partial charge in [0.1, 0.15) is 0 Å². The molecule has 1 aromatic carbocycles. The van der Waals surface area contributed by atoms with Gasteiger partial charge in [0.25, 0.3) is 5.95 Å². The van der Waals surface area contributed by atoms with E-state index in [0.29, 0.717) is 24.1 Å². The van der Waals surface area contributed by atoms with E-state index in [2.05, 4.69) is 25.3 Å². The lowest BCUT2D eigenvalue weighted by atomic mass is 10.2. The van der Waals surface area contributed by atoms with Gasteiger partial charge in [-0.1, -0.05) is 35.5 Å². The van der Waals surface area contributed by atoms with Gasteiger partial charge in [-0.05, 0) is 31.5 Å². The highest BCUT2D eigenvalue weighted by molar-refractivity contribution is 5.88. The number of hydrogen-bond donors (Lipinski definition) is 0. The standard InChI is InChI=1S/C21H22N8O2/c1-4-31-18(30)17-15(2)29(26-25-17)21-23-19(22-20(24-21)28-12-8-9-13-28)27(3)14-16-10-6-5-7-11-16/h5-13H,4,14H2,1-3H3. The van der Waals surface area contributed by atoms with Crippen molar-refractivity contribution in [3.05, 3.63) is 71.8 Å². The first-order valence-corrected chi connectivity index (χ1v) is 9.81. The molecule has 0 spiro atoms. The molecule has 0 unspecified atom stereocenters. The molecule has 0 atom stereocenters. The Kier molecular flexibility index (Phi) is 5.69. The second-order valence-electron chi connectivity index (χ2n) is 6.82. The van der Waals surface area contributed by atoms with Crippen LogP contribution in [0.1, 0.15) is 28.7 Å². The van der Waals surface area contributed by atoms with Gasteiger partial charge in [0, 0.05) is 26.0 Å². The minimum absolute atomic E-state index is 0.129. The van der Waals surface area contributed by atoms with E-state index < -0.39 is 5.97 Å². The fourth-order valence-electron chi connectivity index (χ4n) is 3.03. The lowest BCUT2D eigenvalue weighted by Gasteiger charge is -2.18. The number of rotatable bonds is 7. The summed E-state index contributed by atoms with van der Waals surface area (Å²) < 4.78 is 8.25. The monoisotopic (exact) mass is 418 g/mol. The molecular weight excluding hydrogens is 396 g/mol. The van der Waals surface area contributed by atoms with Crippen molar-refractivity contribution < 1.29 is 9.53 Å². The normalized spacial score (nSPS) is 10.8. The van der Waals surface area contributed by atoms with Crippen LogP contribution >= 0.6 is 0 Å². The third kappa shape index (κ3) is 4.27. The largest absolute Gasteiger partial charge is 0.461 e. The van der Waals surface area contributed by atoms with Gasteiger partial charge in [-0.3, -0.25) is 4.57 Å². The van der Waals surface area contributed by atoms with Crippen molar-refractivity contribution in [1.29, 1.82) is 0 Å². The predicted octanol–water partition coefficient (Wildman–Crippen LogP) is 2.36. The zero-order valence-corrected chi connectivity index (χ0v) is 17.5. The molecular formula is C21H22N8O2. The highest BCUT2D eigenvalue weighted by Gasteiger charge is 2.21. The summed E-state index contributed by atoms with van der Waals surface area (Å²) in [4.78, 5) is 27.8. The van der Waals surface area contributed by atoms with Gasteiger partial charge in [-0.15, -0.1) is 5.10 Å². The fourth-order valence-corrected chi connectivity index (χ4v) is 3.03. The van der Waals surface area contributed by atoms with E-state index >= 15 is 0 Å². The molecule has 4 rings (SSSR count). The second kappa shape index (κ2) is 8.74. The van der Waals surface area contributed by atoms with Gasteiger partial charge < -0.3 is 9.64 Å². The highest BCUT2D eigenvalue weighted by atomic mass is 16.5. The molecule has 0 N–H and O–H groups in total. The summed E-state index contributed by atoms with van der Waals surface area (Å²) in [6.45, 7) is 4.32. The van der Waals surface area contributed by atoms with Crippen molar-refractivity contribution in [2.75, 3.05) is 18.6 Å². The molecule has 10 nitrogen and oxygen atoms in total. The summed E-state index contributed by atoms with van der Waals surface area (Å²) in [7, 11) is 1.91. The fraction of sp³-hybridized carbons (Fsp3) is 0.238. The van der Waals surface area contributed by atoms with E-state index in [9.17, 15) is 4.79 Å². The summed E-state index contributed by atoms with van der Waals surface area (Å²) >= 11 is 0. The second-order valence-corrected chi connectivity index (χ2v) is 6.82. The van der Waals surface area contributed by atoms with Crippen LogP contribution in [0.15, 0.2) is 54.9 Å². The van der Waals surface area contributed by atoms with Crippen LogP contribution in [-0.2, 0) is 11.3 Å². The third-order valence-electron chi connectivity index (χ3n) is 4.59. The van der Waals surface area contributed by atoms with E-state index in [1.807, 2.05) is 66.8 Å². The predicted molar refractivity (Wildman–Crippen MR) is 113 cm³/mol. The number of benzene rings is 1. The Balaban J connectivity index is 1.75. The highest BCUT2D eigenvalue weighted by Crippen LogP contribution is 2.17. The first-order valence-electron chi connectivity index (χ1n) is 9.81. The molecule has 0 bridgehead atoms. The van der Waals surface area contributed by atoms with Crippen LogP contribution in [0, 0.1) is 6.92 Å². The number of esters is 1. The lowest BCUT2D eigenvalue weighted by Crippen LogP contribution is -2.22. The first kappa shape index (κ1) is 20.2. The minimum Gasteiger partial charge on any atom is -0.461 e. The SMILES string of the molecule is CCOC(=O)c1nnn(-c2nc(N(C)Cc3ccccc3)nc(-n3cccc3)n2)c1C. The number of aromatic nitrogens is 7. The van der Waals surface area contributed by atoms with Gasteiger partial charge in [-0.25, -0.2) is 4.79 Å². The van der Waals surface area contributed by atoms with E-state index in [1.54, 1.807) is 18.4 Å². The topological polar surface area (TPSA) is 104 Å². The summed E-state index contributed by atoms with van der Waals surface area (Å²) in [5.74, 6) is 0.615. The average Bonchev–Trinajstić information content (AvgIpc) is 3.44. The van der Waals surface area contributed by atoms with Crippen molar-refractivity contribution in [3.63, 3.8) is 0 Å². The summed E-state index contributed by atoms with van der Waals surface area (Å²) in [6.07, 6.45) is 3.69. The molecule has 10 heteroatoms. The molecule has 3 heterocycles. The molecule has 0 aliphatic rings. The van der Waals surface area contributed by atoms with E-state index in [1.165, 1.54) is 4.68 Å². The Morgan fingerprint density at radius 2 is 1.74 bits per heavy atom. The van der Waals surface area contributed by atoms with Crippen molar-refractivity contribution >= 4 is 11.9 Å². The van der Waals surface area contributed by atoms with Gasteiger partial charge in [0.2, 0.25) is 11.9 Å². The van der Waals surface area contributed by atoms with E-state index in [0.717, 1.165) is 5.56 Å². The number of hydrogen-bond acceptors (Lipinski definition) is 8. The van der Waals surface area contributed by atoms with Crippen LogP contribution < -0.4 is 4.90 Å². The Bertz CT molecular complexity index is 1170. The molecule has 3 aromatic heterocycles. The van der Waals surface area contributed by atoms with Crippen LogP contribution in [0.3, 0.4) is 0 Å². The van der Waals surface area contributed by atoms with E-state index in [-0.39, 0.29) is 18.2 Å². The Morgan fingerprint density at radius 1 is 1.03 bits per heavy atom. The van der Waals surface area contributed by atoms with Crippen LogP contribution in [0.25, 0.3) is 11.9 Å².